The molecule has 0 saturated heterocycles. The van der Waals surface area contributed by atoms with Crippen molar-refractivity contribution in [2.45, 2.75) is 39.5 Å². The van der Waals surface area contributed by atoms with Gasteiger partial charge in [0.25, 0.3) is 10.5 Å². The third kappa shape index (κ3) is 25.9. The molecule has 0 unspecified atom stereocenters. The second kappa shape index (κ2) is 20.6. The van der Waals surface area contributed by atoms with Gasteiger partial charge in [0.1, 0.15) is 0 Å². The summed E-state index contributed by atoms with van der Waals surface area (Å²) in [6.45, 7) is 5.97. The number of rotatable bonds is 6. The maximum absolute atomic E-state index is 10.9. The van der Waals surface area contributed by atoms with Crippen LogP contribution in [-0.2, 0) is 0 Å². The Kier molecular flexibility index (Phi) is 31.5. The van der Waals surface area contributed by atoms with Gasteiger partial charge in [-0.05, 0) is 12.8 Å². The zero-order valence-electron chi connectivity index (χ0n) is 12.5. The van der Waals surface area contributed by atoms with Crippen molar-refractivity contribution in [3.8, 4) is 0 Å². The van der Waals surface area contributed by atoms with E-state index in [-0.39, 0.29) is 63.5 Å². The standard InChI is InChI=1S/C9H19NOS.CH3NOS.K.H2O.H/c1-3-5-7-10(9(11)12)8-6-4-2;2-1(3)4;;;/h3-8H2,1-2H3,(H,11,12);(H3,2,3,4);;1H2;/q;;+1;;-1. The smallest absolute Gasteiger partial charge is 1.00 e. The molecule has 0 saturated carbocycles. The van der Waals surface area contributed by atoms with Crippen molar-refractivity contribution < 1.29 is 67.9 Å². The largest absolute Gasteiger partial charge is 1.00 e. The molecule has 0 aromatic rings. The second-order valence-electron chi connectivity index (χ2n) is 3.31. The number of amides is 2. The maximum Gasteiger partial charge on any atom is 1.00 e. The van der Waals surface area contributed by atoms with E-state index in [1.807, 2.05) is 4.90 Å². The molecule has 0 rings (SSSR count). The normalized spacial score (nSPS) is 8.00. The van der Waals surface area contributed by atoms with Crippen LogP contribution < -0.4 is 57.1 Å². The van der Waals surface area contributed by atoms with Crippen molar-refractivity contribution in [1.82, 2.24) is 4.90 Å². The first-order valence-corrected chi connectivity index (χ1v) is 6.31. The Hall–Kier alpha value is 1.24. The fraction of sp³-hybridized carbons (Fsp3) is 0.800. The van der Waals surface area contributed by atoms with Crippen molar-refractivity contribution >= 4 is 35.7 Å². The van der Waals surface area contributed by atoms with Crippen molar-refractivity contribution in [1.29, 1.82) is 0 Å². The number of nitrogens with two attached hydrogens (primary N) is 1. The fourth-order valence-corrected chi connectivity index (χ4v) is 1.20. The Balaban J connectivity index is -0.0000000827. The van der Waals surface area contributed by atoms with Gasteiger partial charge >= 0.3 is 51.4 Å². The van der Waals surface area contributed by atoms with Gasteiger partial charge in [-0.15, -0.1) is 0 Å². The quantitative estimate of drug-likeness (QED) is 0.442. The summed E-state index contributed by atoms with van der Waals surface area (Å²) in [5.74, 6) is 0. The number of thiol groups is 2. The summed E-state index contributed by atoms with van der Waals surface area (Å²) >= 11 is 6.93. The van der Waals surface area contributed by atoms with Crippen LogP contribution >= 0.6 is 25.3 Å². The van der Waals surface area contributed by atoms with Gasteiger partial charge in [-0.25, -0.2) is 0 Å². The molecule has 0 aliphatic rings. The minimum Gasteiger partial charge on any atom is -1.00 e. The van der Waals surface area contributed by atoms with Crippen LogP contribution in [0.5, 0.6) is 0 Å². The fourth-order valence-electron chi connectivity index (χ4n) is 1.00. The Morgan fingerprint density at radius 2 is 1.39 bits per heavy atom. The molecule has 18 heavy (non-hydrogen) atoms. The van der Waals surface area contributed by atoms with Crippen LogP contribution in [0.15, 0.2) is 0 Å². The van der Waals surface area contributed by atoms with Gasteiger partial charge in [0, 0.05) is 13.1 Å². The van der Waals surface area contributed by atoms with Crippen LogP contribution in [0.3, 0.4) is 0 Å². The molecule has 0 aliphatic heterocycles. The summed E-state index contributed by atoms with van der Waals surface area (Å²) in [6.07, 6.45) is 4.42. The summed E-state index contributed by atoms with van der Waals surface area (Å²) in [6, 6.07) is 0. The molecule has 8 heteroatoms. The Morgan fingerprint density at radius 1 is 1.11 bits per heavy atom. The Bertz CT molecular complexity index is 203. The molecule has 0 heterocycles. The predicted molar refractivity (Wildman–Crippen MR) is 79.1 cm³/mol. The van der Waals surface area contributed by atoms with E-state index in [0.29, 0.717) is 0 Å². The van der Waals surface area contributed by atoms with Crippen LogP contribution in [0.1, 0.15) is 41.0 Å². The zero-order valence-corrected chi connectivity index (χ0v) is 16.4. The summed E-state index contributed by atoms with van der Waals surface area (Å²) in [4.78, 5) is 21.8. The van der Waals surface area contributed by atoms with Crippen LogP contribution in [0, 0.1) is 0 Å². The number of unbranched alkanes of at least 4 members (excludes halogenated alkanes) is 2. The maximum atomic E-state index is 10.9. The number of primary amides is 1. The van der Waals surface area contributed by atoms with E-state index in [0.717, 1.165) is 38.8 Å². The molecule has 0 aromatic carbocycles. The number of nitrogens with zero attached hydrogens (tertiary/aromatic N) is 1. The molecule has 5 nitrogen and oxygen atoms in total. The van der Waals surface area contributed by atoms with Gasteiger partial charge in [0.15, 0.2) is 0 Å². The van der Waals surface area contributed by atoms with E-state index >= 15 is 0 Å². The Labute approximate surface area is 165 Å². The molecule has 0 radical (unpaired) electrons. The van der Waals surface area contributed by atoms with Crippen molar-refractivity contribution in [3.63, 3.8) is 0 Å². The van der Waals surface area contributed by atoms with E-state index in [1.54, 1.807) is 0 Å². The third-order valence-electron chi connectivity index (χ3n) is 1.83. The van der Waals surface area contributed by atoms with Gasteiger partial charge in [0.2, 0.25) is 0 Å². The third-order valence-corrected chi connectivity index (χ3v) is 2.12. The average Bonchev–Trinajstić information content (AvgIpc) is 2.16. The van der Waals surface area contributed by atoms with Crippen LogP contribution in [0.25, 0.3) is 0 Å². The molecular formula is C10H25KN2O3S2. The summed E-state index contributed by atoms with van der Waals surface area (Å²) in [5.41, 5.74) is 4.34. The van der Waals surface area contributed by atoms with E-state index in [4.69, 9.17) is 4.79 Å². The first kappa shape index (κ1) is 27.6. The van der Waals surface area contributed by atoms with Crippen molar-refractivity contribution in [2.24, 2.45) is 5.73 Å². The van der Waals surface area contributed by atoms with Gasteiger partial charge in [-0.1, -0.05) is 51.9 Å². The summed E-state index contributed by atoms with van der Waals surface area (Å²) in [7, 11) is 0. The SMILES string of the molecule is CCCCN(CCCC)C(=O)S.NC(=O)S.O.[H-].[K+]. The van der Waals surface area contributed by atoms with Crippen LogP contribution in [-0.4, -0.2) is 33.9 Å². The van der Waals surface area contributed by atoms with E-state index in [2.05, 4.69) is 44.8 Å². The van der Waals surface area contributed by atoms with E-state index < -0.39 is 5.24 Å². The summed E-state index contributed by atoms with van der Waals surface area (Å²) < 4.78 is 0. The first-order chi connectivity index (χ1) is 7.45. The minimum atomic E-state index is -0.639. The van der Waals surface area contributed by atoms with Crippen LogP contribution in [0.2, 0.25) is 0 Å². The minimum absolute atomic E-state index is 0. The van der Waals surface area contributed by atoms with Gasteiger partial charge in [0.05, 0.1) is 0 Å². The number of hydrogen-bond acceptors (Lipinski definition) is 2. The molecule has 0 spiro atoms. The number of hydrogen-bond donors (Lipinski definition) is 3. The van der Waals surface area contributed by atoms with Gasteiger partial charge < -0.3 is 17.5 Å². The molecule has 0 aliphatic carbocycles. The van der Waals surface area contributed by atoms with E-state index in [1.165, 1.54) is 0 Å². The molecule has 0 atom stereocenters. The molecule has 0 bridgehead atoms. The van der Waals surface area contributed by atoms with E-state index in [9.17, 15) is 4.79 Å². The number of carbonyl (C=O) groups excluding carboxylic acids is 2. The van der Waals surface area contributed by atoms with Gasteiger partial charge in [-0.2, -0.15) is 0 Å². The number of carbonyl (C=O) groups is 2. The van der Waals surface area contributed by atoms with Crippen LogP contribution in [0.4, 0.5) is 9.59 Å². The zero-order chi connectivity index (χ0) is 13.0. The predicted octanol–water partition coefficient (Wildman–Crippen LogP) is -0.775. The van der Waals surface area contributed by atoms with Gasteiger partial charge in [-0.3, -0.25) is 9.59 Å². The topological polar surface area (TPSA) is 94.9 Å². The molecule has 2 amide bonds. The molecule has 106 valence electrons. The Morgan fingerprint density at radius 3 is 1.56 bits per heavy atom. The van der Waals surface area contributed by atoms with Crippen molar-refractivity contribution in [2.75, 3.05) is 13.1 Å². The molecule has 4 N–H and O–H groups in total. The second-order valence-corrected chi connectivity index (χ2v) is 4.14. The molecular weight excluding hydrogens is 299 g/mol. The molecule has 0 fully saturated rings. The summed E-state index contributed by atoms with van der Waals surface area (Å²) in [5, 5.41) is -0.725. The molecule has 0 aromatic heterocycles. The van der Waals surface area contributed by atoms with Crippen molar-refractivity contribution in [3.05, 3.63) is 0 Å². The monoisotopic (exact) mass is 324 g/mol. The first-order valence-electron chi connectivity index (χ1n) is 5.41. The average molecular weight is 325 g/mol.